The van der Waals surface area contributed by atoms with Gasteiger partial charge in [0.25, 0.3) is 5.91 Å². The lowest BCUT2D eigenvalue weighted by Crippen LogP contribution is -2.21. The summed E-state index contributed by atoms with van der Waals surface area (Å²) in [5.74, 6) is -0.444. The third-order valence-corrected chi connectivity index (χ3v) is 3.73. The Morgan fingerprint density at radius 1 is 1.00 bits per heavy atom. The quantitative estimate of drug-likeness (QED) is 0.512. The van der Waals surface area contributed by atoms with Crippen LogP contribution in [-0.2, 0) is 10.2 Å². The molecular weight excluding hydrogens is 308 g/mol. The second-order valence-electron chi connectivity index (χ2n) is 6.32. The molecule has 2 rings (SSSR count). The Morgan fingerprint density at radius 2 is 1.57 bits per heavy atom. The van der Waals surface area contributed by atoms with Gasteiger partial charge in [0.1, 0.15) is 5.88 Å². The lowest BCUT2D eigenvalue weighted by atomic mass is 9.86. The fourth-order valence-electron chi connectivity index (χ4n) is 2.17. The summed E-state index contributed by atoms with van der Waals surface area (Å²) < 4.78 is 0. The van der Waals surface area contributed by atoms with Crippen LogP contribution in [0.3, 0.4) is 0 Å². The first kappa shape index (κ1) is 17.2. The van der Waals surface area contributed by atoms with Crippen LogP contribution in [-0.4, -0.2) is 17.5 Å². The van der Waals surface area contributed by atoms with Crippen molar-refractivity contribution in [2.75, 3.05) is 5.88 Å². The predicted octanol–water partition coefficient (Wildman–Crippen LogP) is 4.09. The first-order chi connectivity index (χ1) is 10.9. The van der Waals surface area contributed by atoms with Crippen molar-refractivity contribution in [2.45, 2.75) is 26.2 Å². The molecule has 0 unspecified atom stereocenters. The Labute approximate surface area is 142 Å². The normalized spacial score (nSPS) is 12.1. The molecule has 0 atom stereocenters. The fourth-order valence-corrected chi connectivity index (χ4v) is 2.23. The molecule has 0 aromatic heterocycles. The summed E-state index contributed by atoms with van der Waals surface area (Å²) in [5, 5.41) is 4.26. The molecule has 0 heterocycles. The summed E-state index contributed by atoms with van der Waals surface area (Å²) in [7, 11) is 0. The summed E-state index contributed by atoms with van der Waals surface area (Å²) in [4.78, 5) is 11.4. The molecule has 120 valence electrons. The lowest BCUT2D eigenvalue weighted by Gasteiger charge is -2.19. The monoisotopic (exact) mass is 328 g/mol. The van der Waals surface area contributed by atoms with Gasteiger partial charge >= 0.3 is 0 Å². The number of rotatable bonds is 4. The molecule has 0 saturated carbocycles. The van der Waals surface area contributed by atoms with E-state index in [1.54, 1.807) is 0 Å². The third kappa shape index (κ3) is 4.67. The summed E-state index contributed by atoms with van der Waals surface area (Å²) in [5.41, 5.74) is 6.42. The highest BCUT2D eigenvalue weighted by Crippen LogP contribution is 2.23. The van der Waals surface area contributed by atoms with E-state index in [4.69, 9.17) is 11.6 Å². The van der Waals surface area contributed by atoms with Crippen molar-refractivity contribution in [2.24, 2.45) is 5.10 Å². The van der Waals surface area contributed by atoms with Crippen LogP contribution in [0.15, 0.2) is 59.7 Å². The number of alkyl halides is 1. The van der Waals surface area contributed by atoms with Crippen LogP contribution < -0.4 is 5.43 Å². The van der Waals surface area contributed by atoms with Gasteiger partial charge in [0.05, 0.1) is 5.71 Å². The van der Waals surface area contributed by atoms with Crippen LogP contribution in [0.2, 0.25) is 0 Å². The van der Waals surface area contributed by atoms with Crippen molar-refractivity contribution in [3.05, 3.63) is 71.3 Å². The molecule has 2 aromatic carbocycles. The number of amides is 1. The first-order valence-electron chi connectivity index (χ1n) is 7.50. The molecule has 0 aliphatic heterocycles. The number of hydrogen-bond acceptors (Lipinski definition) is 2. The lowest BCUT2D eigenvalue weighted by molar-refractivity contribution is -0.118. The number of carbonyl (C=O) groups excluding carboxylic acids is 1. The highest BCUT2D eigenvalue weighted by atomic mass is 35.5. The number of nitrogens with one attached hydrogen (secondary N) is 1. The molecule has 0 aliphatic carbocycles. The Morgan fingerprint density at radius 3 is 2.09 bits per heavy atom. The fraction of sp³-hybridized carbons (Fsp3) is 0.263. The van der Waals surface area contributed by atoms with E-state index in [0.29, 0.717) is 5.71 Å². The highest BCUT2D eigenvalue weighted by Gasteiger charge is 2.14. The van der Waals surface area contributed by atoms with Gasteiger partial charge in [-0.15, -0.1) is 11.6 Å². The van der Waals surface area contributed by atoms with Crippen LogP contribution in [0, 0.1) is 0 Å². The molecule has 23 heavy (non-hydrogen) atoms. The number of halogens is 1. The summed E-state index contributed by atoms with van der Waals surface area (Å²) >= 11 is 5.52. The van der Waals surface area contributed by atoms with Gasteiger partial charge < -0.3 is 0 Å². The number of hydrogen-bond donors (Lipinski definition) is 1. The van der Waals surface area contributed by atoms with Gasteiger partial charge in [-0.1, -0.05) is 75.4 Å². The van der Waals surface area contributed by atoms with E-state index >= 15 is 0 Å². The molecule has 1 N–H and O–H groups in total. The van der Waals surface area contributed by atoms with Crippen molar-refractivity contribution in [3.63, 3.8) is 0 Å². The molecule has 1 amide bonds. The Hall–Kier alpha value is -2.13. The minimum absolute atomic E-state index is 0.0927. The Kier molecular flexibility index (Phi) is 5.56. The number of nitrogens with zero attached hydrogens (tertiary/aromatic N) is 1. The van der Waals surface area contributed by atoms with Crippen molar-refractivity contribution in [3.8, 4) is 0 Å². The van der Waals surface area contributed by atoms with E-state index in [2.05, 4.69) is 43.4 Å². The SMILES string of the molecule is CC(C)(C)c1ccc(/C(=N/NC(=O)CCl)c2ccccc2)cc1. The van der Waals surface area contributed by atoms with E-state index in [0.717, 1.165) is 11.1 Å². The standard InChI is InChI=1S/C19H21ClN2O/c1-19(2,3)16-11-9-15(10-12-16)18(22-21-17(23)13-20)14-7-5-4-6-8-14/h4-12H,13H2,1-3H3,(H,21,23)/b22-18+. The minimum atomic E-state index is -0.327. The molecule has 0 bridgehead atoms. The van der Waals surface area contributed by atoms with E-state index in [-0.39, 0.29) is 17.2 Å². The summed E-state index contributed by atoms with van der Waals surface area (Å²) in [6.45, 7) is 6.53. The van der Waals surface area contributed by atoms with Crippen LogP contribution in [0.5, 0.6) is 0 Å². The average Bonchev–Trinajstić information content (AvgIpc) is 2.55. The van der Waals surface area contributed by atoms with E-state index in [9.17, 15) is 4.79 Å². The van der Waals surface area contributed by atoms with Gasteiger partial charge in [0, 0.05) is 11.1 Å². The Balaban J connectivity index is 2.40. The van der Waals surface area contributed by atoms with Gasteiger partial charge in [-0.2, -0.15) is 5.10 Å². The predicted molar refractivity (Wildman–Crippen MR) is 96.1 cm³/mol. The zero-order valence-corrected chi connectivity index (χ0v) is 14.4. The maximum Gasteiger partial charge on any atom is 0.254 e. The number of hydrazone groups is 1. The number of benzene rings is 2. The maximum absolute atomic E-state index is 11.4. The molecule has 2 aromatic rings. The minimum Gasteiger partial charge on any atom is -0.272 e. The molecule has 0 radical (unpaired) electrons. The molecule has 0 aliphatic rings. The topological polar surface area (TPSA) is 41.5 Å². The van der Waals surface area contributed by atoms with Crippen LogP contribution in [0.4, 0.5) is 0 Å². The van der Waals surface area contributed by atoms with E-state index in [1.807, 2.05) is 42.5 Å². The zero-order valence-electron chi connectivity index (χ0n) is 13.6. The third-order valence-electron chi connectivity index (χ3n) is 3.49. The van der Waals surface area contributed by atoms with Crippen LogP contribution >= 0.6 is 11.6 Å². The van der Waals surface area contributed by atoms with Crippen LogP contribution in [0.25, 0.3) is 0 Å². The smallest absolute Gasteiger partial charge is 0.254 e. The highest BCUT2D eigenvalue weighted by molar-refractivity contribution is 6.27. The summed E-state index contributed by atoms with van der Waals surface area (Å²) in [6.07, 6.45) is 0. The van der Waals surface area contributed by atoms with Gasteiger partial charge in [-0.25, -0.2) is 5.43 Å². The van der Waals surface area contributed by atoms with Gasteiger partial charge in [0.2, 0.25) is 0 Å². The molecular formula is C19H21ClN2O. The molecule has 3 nitrogen and oxygen atoms in total. The second kappa shape index (κ2) is 7.42. The first-order valence-corrected chi connectivity index (χ1v) is 8.04. The van der Waals surface area contributed by atoms with Crippen molar-refractivity contribution in [1.29, 1.82) is 0 Å². The average molecular weight is 329 g/mol. The van der Waals surface area contributed by atoms with Crippen LogP contribution in [0.1, 0.15) is 37.5 Å². The van der Waals surface area contributed by atoms with Gasteiger partial charge in [-0.3, -0.25) is 4.79 Å². The zero-order chi connectivity index (χ0) is 16.9. The van der Waals surface area contributed by atoms with E-state index in [1.165, 1.54) is 5.56 Å². The Bertz CT molecular complexity index is 686. The van der Waals surface area contributed by atoms with Crippen molar-refractivity contribution >= 4 is 23.2 Å². The van der Waals surface area contributed by atoms with Crippen molar-refractivity contribution in [1.82, 2.24) is 5.43 Å². The molecule has 4 heteroatoms. The summed E-state index contributed by atoms with van der Waals surface area (Å²) in [6, 6.07) is 18.0. The van der Waals surface area contributed by atoms with E-state index < -0.39 is 0 Å². The number of carbonyl (C=O) groups is 1. The van der Waals surface area contributed by atoms with Gasteiger partial charge in [0.15, 0.2) is 0 Å². The van der Waals surface area contributed by atoms with Gasteiger partial charge in [-0.05, 0) is 11.0 Å². The molecule has 0 spiro atoms. The largest absolute Gasteiger partial charge is 0.272 e. The molecule has 0 saturated heterocycles. The van der Waals surface area contributed by atoms with Crippen molar-refractivity contribution < 1.29 is 4.79 Å². The molecule has 0 fully saturated rings. The second-order valence-corrected chi connectivity index (χ2v) is 6.59. The maximum atomic E-state index is 11.4.